The fourth-order valence-corrected chi connectivity index (χ4v) is 1.70. The predicted octanol–water partition coefficient (Wildman–Crippen LogP) is 2.64. The van der Waals surface area contributed by atoms with Crippen LogP contribution in [-0.2, 0) is 6.42 Å². The zero-order chi connectivity index (χ0) is 11.9. The second kappa shape index (κ2) is 6.06. The molecule has 2 nitrogen and oxygen atoms in total. The van der Waals surface area contributed by atoms with Crippen molar-refractivity contribution in [2.24, 2.45) is 5.73 Å². The molecule has 0 fully saturated rings. The molecule has 0 aliphatic heterocycles. The summed E-state index contributed by atoms with van der Waals surface area (Å²) >= 11 is 0. The molecule has 2 heteroatoms. The van der Waals surface area contributed by atoms with E-state index in [0.29, 0.717) is 6.61 Å². The standard InChI is InChI=1S/C15H17NO/c16-14(11-13-7-3-1-4-8-13)12-17-15-9-5-2-6-10-15/h1-10,14H,11-12,16H2/t14-/m0/s1. The van der Waals surface area contributed by atoms with E-state index < -0.39 is 0 Å². The fraction of sp³-hybridized carbons (Fsp3) is 0.200. The average Bonchev–Trinajstić information content (AvgIpc) is 2.39. The van der Waals surface area contributed by atoms with Gasteiger partial charge in [0.1, 0.15) is 12.4 Å². The van der Waals surface area contributed by atoms with Crippen molar-refractivity contribution in [3.8, 4) is 5.75 Å². The molecular weight excluding hydrogens is 210 g/mol. The summed E-state index contributed by atoms with van der Waals surface area (Å²) in [6.45, 7) is 0.541. The Morgan fingerprint density at radius 1 is 0.882 bits per heavy atom. The van der Waals surface area contributed by atoms with E-state index in [-0.39, 0.29) is 6.04 Å². The van der Waals surface area contributed by atoms with Crippen molar-refractivity contribution in [3.63, 3.8) is 0 Å². The van der Waals surface area contributed by atoms with Crippen LogP contribution in [0.2, 0.25) is 0 Å². The number of ether oxygens (including phenoxy) is 1. The molecule has 0 spiro atoms. The van der Waals surface area contributed by atoms with Crippen molar-refractivity contribution in [2.75, 3.05) is 6.61 Å². The molecule has 2 rings (SSSR count). The van der Waals surface area contributed by atoms with Gasteiger partial charge in [0.25, 0.3) is 0 Å². The van der Waals surface area contributed by atoms with Gasteiger partial charge in [-0.25, -0.2) is 0 Å². The molecule has 0 radical (unpaired) electrons. The Morgan fingerprint density at radius 2 is 1.47 bits per heavy atom. The summed E-state index contributed by atoms with van der Waals surface area (Å²) in [5, 5.41) is 0. The van der Waals surface area contributed by atoms with Gasteiger partial charge < -0.3 is 10.5 Å². The third-order valence-corrected chi connectivity index (χ3v) is 2.55. The van der Waals surface area contributed by atoms with E-state index in [0.717, 1.165) is 12.2 Å². The second-order valence-electron chi connectivity index (χ2n) is 4.07. The topological polar surface area (TPSA) is 35.2 Å². The van der Waals surface area contributed by atoms with Crippen LogP contribution in [0.1, 0.15) is 5.56 Å². The number of hydrogen-bond donors (Lipinski definition) is 1. The van der Waals surface area contributed by atoms with Crippen LogP contribution in [0.15, 0.2) is 60.7 Å². The SMILES string of the molecule is N[C@H](COc1ccccc1)Cc1ccccc1. The van der Waals surface area contributed by atoms with Crippen LogP contribution < -0.4 is 10.5 Å². The third kappa shape index (κ3) is 3.93. The van der Waals surface area contributed by atoms with Gasteiger partial charge in [0.15, 0.2) is 0 Å². The van der Waals surface area contributed by atoms with E-state index in [1.54, 1.807) is 0 Å². The average molecular weight is 227 g/mol. The highest BCUT2D eigenvalue weighted by atomic mass is 16.5. The molecule has 0 heterocycles. The molecule has 0 unspecified atom stereocenters. The highest BCUT2D eigenvalue weighted by Gasteiger charge is 2.04. The highest BCUT2D eigenvalue weighted by molar-refractivity contribution is 5.21. The summed E-state index contributed by atoms with van der Waals surface area (Å²) in [4.78, 5) is 0. The van der Waals surface area contributed by atoms with E-state index in [4.69, 9.17) is 10.5 Å². The number of nitrogens with two attached hydrogens (primary N) is 1. The molecule has 2 aromatic carbocycles. The highest BCUT2D eigenvalue weighted by Crippen LogP contribution is 2.09. The molecule has 2 N–H and O–H groups in total. The largest absolute Gasteiger partial charge is 0.492 e. The molecule has 0 amide bonds. The van der Waals surface area contributed by atoms with E-state index >= 15 is 0 Å². The van der Waals surface area contributed by atoms with Crippen molar-refractivity contribution in [3.05, 3.63) is 66.2 Å². The summed E-state index contributed by atoms with van der Waals surface area (Å²) in [6.07, 6.45) is 0.841. The first-order chi connectivity index (χ1) is 8.34. The summed E-state index contributed by atoms with van der Waals surface area (Å²) in [5.74, 6) is 0.871. The molecule has 0 aromatic heterocycles. The zero-order valence-corrected chi connectivity index (χ0v) is 9.75. The lowest BCUT2D eigenvalue weighted by Crippen LogP contribution is -2.30. The summed E-state index contributed by atoms with van der Waals surface area (Å²) < 4.78 is 5.61. The van der Waals surface area contributed by atoms with E-state index in [9.17, 15) is 0 Å². The first-order valence-electron chi connectivity index (χ1n) is 5.82. The number of rotatable bonds is 5. The Hall–Kier alpha value is -1.80. The van der Waals surface area contributed by atoms with Gasteiger partial charge in [-0.3, -0.25) is 0 Å². The molecular formula is C15H17NO. The van der Waals surface area contributed by atoms with Gasteiger partial charge in [-0.05, 0) is 24.1 Å². The van der Waals surface area contributed by atoms with Crippen molar-refractivity contribution < 1.29 is 4.74 Å². The number of para-hydroxylation sites is 1. The third-order valence-electron chi connectivity index (χ3n) is 2.55. The second-order valence-corrected chi connectivity index (χ2v) is 4.07. The minimum absolute atomic E-state index is 0.0256. The lowest BCUT2D eigenvalue weighted by Gasteiger charge is -2.13. The van der Waals surface area contributed by atoms with E-state index in [1.807, 2.05) is 48.5 Å². The molecule has 0 aliphatic rings. The molecule has 0 aliphatic carbocycles. The maximum atomic E-state index is 6.03. The molecule has 1 atom stereocenters. The Morgan fingerprint density at radius 3 is 2.12 bits per heavy atom. The van der Waals surface area contributed by atoms with Gasteiger partial charge in [0, 0.05) is 6.04 Å². The van der Waals surface area contributed by atoms with Crippen LogP contribution in [0.5, 0.6) is 5.75 Å². The van der Waals surface area contributed by atoms with Gasteiger partial charge in [-0.2, -0.15) is 0 Å². The van der Waals surface area contributed by atoms with Crippen molar-refractivity contribution in [1.82, 2.24) is 0 Å². The first-order valence-corrected chi connectivity index (χ1v) is 5.82. The number of hydrogen-bond acceptors (Lipinski definition) is 2. The van der Waals surface area contributed by atoms with Crippen molar-refractivity contribution in [1.29, 1.82) is 0 Å². The minimum Gasteiger partial charge on any atom is -0.492 e. The van der Waals surface area contributed by atoms with Crippen LogP contribution in [0.3, 0.4) is 0 Å². The molecule has 2 aromatic rings. The normalized spacial score (nSPS) is 12.1. The number of benzene rings is 2. The maximum Gasteiger partial charge on any atom is 0.119 e. The summed E-state index contributed by atoms with van der Waals surface area (Å²) in [7, 11) is 0. The van der Waals surface area contributed by atoms with Crippen LogP contribution in [0.4, 0.5) is 0 Å². The molecule has 0 saturated heterocycles. The lowest BCUT2D eigenvalue weighted by atomic mass is 10.1. The van der Waals surface area contributed by atoms with Crippen LogP contribution in [0.25, 0.3) is 0 Å². The Labute approximate surface area is 102 Å². The fourth-order valence-electron chi connectivity index (χ4n) is 1.70. The van der Waals surface area contributed by atoms with Gasteiger partial charge >= 0.3 is 0 Å². The van der Waals surface area contributed by atoms with Gasteiger partial charge in [0.05, 0.1) is 0 Å². The lowest BCUT2D eigenvalue weighted by molar-refractivity contribution is 0.287. The molecule has 17 heavy (non-hydrogen) atoms. The molecule has 0 bridgehead atoms. The van der Waals surface area contributed by atoms with Crippen molar-refractivity contribution in [2.45, 2.75) is 12.5 Å². The predicted molar refractivity (Wildman–Crippen MR) is 70.1 cm³/mol. The van der Waals surface area contributed by atoms with E-state index in [1.165, 1.54) is 5.56 Å². The van der Waals surface area contributed by atoms with E-state index in [2.05, 4.69) is 12.1 Å². The first kappa shape index (κ1) is 11.7. The summed E-state index contributed by atoms with van der Waals surface area (Å²) in [5.41, 5.74) is 7.28. The Bertz CT molecular complexity index is 427. The molecule has 88 valence electrons. The Balaban J connectivity index is 1.80. The van der Waals surface area contributed by atoms with Crippen LogP contribution in [-0.4, -0.2) is 12.6 Å². The van der Waals surface area contributed by atoms with Crippen LogP contribution >= 0.6 is 0 Å². The molecule has 0 saturated carbocycles. The monoisotopic (exact) mass is 227 g/mol. The van der Waals surface area contributed by atoms with Gasteiger partial charge in [-0.15, -0.1) is 0 Å². The van der Waals surface area contributed by atoms with Gasteiger partial charge in [0.2, 0.25) is 0 Å². The quantitative estimate of drug-likeness (QED) is 0.852. The zero-order valence-electron chi connectivity index (χ0n) is 9.75. The Kier molecular flexibility index (Phi) is 4.17. The minimum atomic E-state index is 0.0256. The van der Waals surface area contributed by atoms with Crippen LogP contribution in [0, 0.1) is 0 Å². The van der Waals surface area contributed by atoms with Gasteiger partial charge in [-0.1, -0.05) is 48.5 Å². The maximum absolute atomic E-state index is 6.03. The smallest absolute Gasteiger partial charge is 0.119 e. The summed E-state index contributed by atoms with van der Waals surface area (Å²) in [6, 6.07) is 20.0. The van der Waals surface area contributed by atoms with Crippen molar-refractivity contribution >= 4 is 0 Å².